The van der Waals surface area contributed by atoms with Gasteiger partial charge < -0.3 is 25.0 Å². The first-order valence-electron chi connectivity index (χ1n) is 7.24. The lowest BCUT2D eigenvalue weighted by Crippen LogP contribution is -2.33. The molecule has 1 saturated heterocycles. The molecule has 1 aliphatic rings. The Bertz CT molecular complexity index is 431. The third kappa shape index (κ3) is 4.40. The molecule has 0 amide bonds. The number of ether oxygens (including phenoxy) is 2. The molecule has 0 saturated carbocycles. The van der Waals surface area contributed by atoms with Crippen LogP contribution < -0.4 is 15.5 Å². The highest BCUT2D eigenvalue weighted by molar-refractivity contribution is 5.44. The first-order chi connectivity index (χ1) is 10.2. The molecule has 2 N–H and O–H groups in total. The summed E-state index contributed by atoms with van der Waals surface area (Å²) in [6.45, 7) is 4.49. The van der Waals surface area contributed by atoms with E-state index in [0.29, 0.717) is 38.2 Å². The second-order valence-electron chi connectivity index (χ2n) is 4.96. The Hall–Kier alpha value is -1.67. The van der Waals surface area contributed by atoms with Crippen molar-refractivity contribution in [3.63, 3.8) is 0 Å². The maximum absolute atomic E-state index is 5.84. The average Bonchev–Trinajstić information content (AvgIpc) is 3.01. The van der Waals surface area contributed by atoms with Crippen molar-refractivity contribution in [3.05, 3.63) is 0 Å². The van der Waals surface area contributed by atoms with Crippen molar-refractivity contribution in [2.24, 2.45) is 0 Å². The molecule has 1 aromatic heterocycles. The molecule has 8 heteroatoms. The summed E-state index contributed by atoms with van der Waals surface area (Å²) < 4.78 is 10.3. The van der Waals surface area contributed by atoms with E-state index in [0.717, 1.165) is 25.9 Å². The Labute approximate surface area is 125 Å². The molecule has 8 nitrogen and oxygen atoms in total. The Balaban J connectivity index is 2.17. The molecule has 0 aliphatic carbocycles. The lowest BCUT2D eigenvalue weighted by atomic mass is 10.4. The van der Waals surface area contributed by atoms with Gasteiger partial charge >= 0.3 is 0 Å². The lowest BCUT2D eigenvalue weighted by Gasteiger charge is -2.23. The van der Waals surface area contributed by atoms with Crippen LogP contribution in [0.2, 0.25) is 0 Å². The van der Waals surface area contributed by atoms with Crippen LogP contribution in [0, 0.1) is 0 Å². The van der Waals surface area contributed by atoms with Crippen LogP contribution in [0.5, 0.6) is 0 Å². The Kier molecular flexibility index (Phi) is 5.94. The van der Waals surface area contributed by atoms with E-state index in [1.54, 1.807) is 14.2 Å². The molecule has 0 spiro atoms. The number of nitrogens with zero attached hydrogens (tertiary/aromatic N) is 5. The molecule has 0 unspecified atom stereocenters. The Morgan fingerprint density at radius 2 is 1.67 bits per heavy atom. The normalized spacial score (nSPS) is 14.7. The number of nitrogen functional groups attached to an aromatic ring is 1. The summed E-state index contributed by atoms with van der Waals surface area (Å²) in [4.78, 5) is 17.2. The van der Waals surface area contributed by atoms with Gasteiger partial charge in [0.05, 0.1) is 13.2 Å². The fraction of sp³-hybridized carbons (Fsp3) is 0.769. The van der Waals surface area contributed by atoms with Crippen LogP contribution in [0.25, 0.3) is 0 Å². The van der Waals surface area contributed by atoms with Crippen LogP contribution in [0.1, 0.15) is 12.8 Å². The Morgan fingerprint density at radius 3 is 2.24 bits per heavy atom. The first kappa shape index (κ1) is 15.7. The van der Waals surface area contributed by atoms with Gasteiger partial charge in [-0.2, -0.15) is 15.0 Å². The van der Waals surface area contributed by atoms with E-state index in [-0.39, 0.29) is 5.95 Å². The lowest BCUT2D eigenvalue weighted by molar-refractivity contribution is 0.189. The molecule has 21 heavy (non-hydrogen) atoms. The SMILES string of the molecule is COCCN(CCOC)c1nc(N)nc(N2CCCC2)n1. The number of methoxy groups -OCH3 is 2. The highest BCUT2D eigenvalue weighted by Crippen LogP contribution is 2.19. The highest BCUT2D eigenvalue weighted by atomic mass is 16.5. The molecule has 0 atom stereocenters. The van der Waals surface area contributed by atoms with Gasteiger partial charge in [-0.15, -0.1) is 0 Å². The van der Waals surface area contributed by atoms with Gasteiger partial charge in [-0.05, 0) is 12.8 Å². The van der Waals surface area contributed by atoms with E-state index >= 15 is 0 Å². The van der Waals surface area contributed by atoms with Gasteiger partial charge in [0.15, 0.2) is 0 Å². The van der Waals surface area contributed by atoms with E-state index in [1.165, 1.54) is 0 Å². The number of aromatic nitrogens is 3. The Morgan fingerprint density at radius 1 is 1.05 bits per heavy atom. The number of nitrogens with two attached hydrogens (primary N) is 1. The van der Waals surface area contributed by atoms with Crippen LogP contribution in [0.4, 0.5) is 17.8 Å². The summed E-state index contributed by atoms with van der Waals surface area (Å²) in [5.74, 6) is 1.50. The molecule has 0 radical (unpaired) electrons. The smallest absolute Gasteiger partial charge is 0.232 e. The largest absolute Gasteiger partial charge is 0.383 e. The zero-order valence-corrected chi connectivity index (χ0v) is 12.8. The third-order valence-electron chi connectivity index (χ3n) is 3.43. The quantitative estimate of drug-likeness (QED) is 0.725. The van der Waals surface area contributed by atoms with Crippen LogP contribution >= 0.6 is 0 Å². The maximum Gasteiger partial charge on any atom is 0.232 e. The van der Waals surface area contributed by atoms with Crippen molar-refractivity contribution in [1.82, 2.24) is 15.0 Å². The van der Waals surface area contributed by atoms with E-state index in [2.05, 4.69) is 19.9 Å². The number of rotatable bonds is 8. The molecule has 2 rings (SSSR count). The summed E-state index contributed by atoms with van der Waals surface area (Å²) >= 11 is 0. The summed E-state index contributed by atoms with van der Waals surface area (Å²) in [7, 11) is 3.35. The summed E-state index contributed by atoms with van der Waals surface area (Å²) in [5.41, 5.74) is 5.84. The van der Waals surface area contributed by atoms with E-state index in [1.807, 2.05) is 4.90 Å². The van der Waals surface area contributed by atoms with Gasteiger partial charge in [0.2, 0.25) is 17.8 Å². The minimum Gasteiger partial charge on any atom is -0.383 e. The van der Waals surface area contributed by atoms with Gasteiger partial charge in [-0.3, -0.25) is 0 Å². The summed E-state index contributed by atoms with van der Waals surface area (Å²) in [5, 5.41) is 0. The van der Waals surface area contributed by atoms with E-state index < -0.39 is 0 Å². The minimum absolute atomic E-state index is 0.252. The average molecular weight is 296 g/mol. The topological polar surface area (TPSA) is 89.6 Å². The van der Waals surface area contributed by atoms with Gasteiger partial charge in [0.1, 0.15) is 0 Å². The fourth-order valence-corrected chi connectivity index (χ4v) is 2.28. The number of hydrogen-bond donors (Lipinski definition) is 1. The summed E-state index contributed by atoms with van der Waals surface area (Å²) in [6, 6.07) is 0. The van der Waals surface area contributed by atoms with Crippen molar-refractivity contribution >= 4 is 17.8 Å². The molecule has 1 aliphatic heterocycles. The zero-order valence-electron chi connectivity index (χ0n) is 12.8. The zero-order chi connectivity index (χ0) is 15.1. The van der Waals surface area contributed by atoms with E-state index in [4.69, 9.17) is 15.2 Å². The first-order valence-corrected chi connectivity index (χ1v) is 7.24. The van der Waals surface area contributed by atoms with Crippen molar-refractivity contribution in [2.75, 3.05) is 69.1 Å². The molecule has 118 valence electrons. The standard InChI is InChI=1S/C13H24N6O2/c1-20-9-7-19(8-10-21-2)13-16-11(14)15-12(17-13)18-5-3-4-6-18/h3-10H2,1-2H3,(H2,14,15,16,17). The van der Waals surface area contributed by atoms with Crippen molar-refractivity contribution in [3.8, 4) is 0 Å². The van der Waals surface area contributed by atoms with Crippen molar-refractivity contribution in [2.45, 2.75) is 12.8 Å². The molecule has 1 fully saturated rings. The number of anilines is 3. The molecule has 2 heterocycles. The number of hydrogen-bond acceptors (Lipinski definition) is 8. The maximum atomic E-state index is 5.84. The fourth-order valence-electron chi connectivity index (χ4n) is 2.28. The molecular formula is C13H24N6O2. The van der Waals surface area contributed by atoms with Crippen LogP contribution in [-0.2, 0) is 9.47 Å². The highest BCUT2D eigenvalue weighted by Gasteiger charge is 2.19. The predicted molar refractivity (Wildman–Crippen MR) is 81.7 cm³/mol. The molecule has 0 bridgehead atoms. The van der Waals surface area contributed by atoms with E-state index in [9.17, 15) is 0 Å². The monoisotopic (exact) mass is 296 g/mol. The van der Waals surface area contributed by atoms with Crippen LogP contribution in [0.15, 0.2) is 0 Å². The predicted octanol–water partition coefficient (Wildman–Crippen LogP) is 0.153. The van der Waals surface area contributed by atoms with Gasteiger partial charge in [0.25, 0.3) is 0 Å². The van der Waals surface area contributed by atoms with Crippen LogP contribution in [-0.4, -0.2) is 68.6 Å². The van der Waals surface area contributed by atoms with Crippen molar-refractivity contribution in [1.29, 1.82) is 0 Å². The molecule has 0 aromatic carbocycles. The van der Waals surface area contributed by atoms with Crippen molar-refractivity contribution < 1.29 is 9.47 Å². The molecular weight excluding hydrogens is 272 g/mol. The van der Waals surface area contributed by atoms with Gasteiger partial charge in [-0.25, -0.2) is 0 Å². The van der Waals surface area contributed by atoms with Gasteiger partial charge in [0, 0.05) is 40.4 Å². The second-order valence-corrected chi connectivity index (χ2v) is 4.96. The van der Waals surface area contributed by atoms with Gasteiger partial charge in [-0.1, -0.05) is 0 Å². The second kappa shape index (κ2) is 7.94. The summed E-state index contributed by atoms with van der Waals surface area (Å²) in [6.07, 6.45) is 2.33. The molecule has 1 aromatic rings. The third-order valence-corrected chi connectivity index (χ3v) is 3.43. The minimum atomic E-state index is 0.252. The van der Waals surface area contributed by atoms with Crippen LogP contribution in [0.3, 0.4) is 0 Å².